The summed E-state index contributed by atoms with van der Waals surface area (Å²) in [4.78, 5) is -10.5. The van der Waals surface area contributed by atoms with E-state index in [4.69, 9.17) is 0 Å². The van der Waals surface area contributed by atoms with Crippen molar-refractivity contribution < 1.29 is 96.2 Å². The van der Waals surface area contributed by atoms with Crippen LogP contribution in [0.5, 0.6) is 5.75 Å². The second-order valence-corrected chi connectivity index (χ2v) is 12.2. The molecule has 0 radical (unpaired) electrons. The number of alkyl halides is 15. The number of halogens is 15. The number of rotatable bonds is 6. The molecule has 0 heterocycles. The van der Waals surface area contributed by atoms with Gasteiger partial charge in [-0.1, -0.05) is 0 Å². The summed E-state index contributed by atoms with van der Waals surface area (Å²) in [5, 5.41) is -12.3. The quantitative estimate of drug-likeness (QED) is 0.463. The number of sulfone groups is 3. The van der Waals surface area contributed by atoms with Gasteiger partial charge >= 0.3 is 34.3 Å². The van der Waals surface area contributed by atoms with Crippen LogP contribution in [0.15, 0.2) is 26.8 Å². The minimum atomic E-state index is -7.94. The zero-order valence-electron chi connectivity index (χ0n) is 15.9. The van der Waals surface area contributed by atoms with Crippen molar-refractivity contribution >= 4 is 29.5 Å². The SMILES string of the molecule is O=S(=O)(c1cc(S(=O)(=O)C(F)(F)C(F)(F)F)c(O)c(S(=O)(=O)C(F)(F)C(F)(F)F)c1)C(F)(F)C(F)(F)F. The van der Waals surface area contributed by atoms with Gasteiger partial charge in [-0.3, -0.25) is 0 Å². The van der Waals surface area contributed by atoms with Gasteiger partial charge in [0.2, 0.25) is 0 Å². The Labute approximate surface area is 193 Å². The average Bonchev–Trinajstić information content (AvgIpc) is 2.64. The van der Waals surface area contributed by atoms with Crippen molar-refractivity contribution in [2.45, 2.75) is 49.0 Å². The van der Waals surface area contributed by atoms with Crippen LogP contribution in [0.2, 0.25) is 0 Å². The number of aromatic hydroxyl groups is 1. The first-order valence-electron chi connectivity index (χ1n) is 7.69. The van der Waals surface area contributed by atoms with Crippen LogP contribution in [0.3, 0.4) is 0 Å². The van der Waals surface area contributed by atoms with E-state index in [1.54, 1.807) is 0 Å². The molecule has 0 fully saturated rings. The lowest BCUT2D eigenvalue weighted by atomic mass is 10.3. The van der Waals surface area contributed by atoms with Crippen LogP contribution in [0.1, 0.15) is 0 Å². The van der Waals surface area contributed by atoms with Crippen LogP contribution in [-0.4, -0.2) is 64.7 Å². The summed E-state index contributed by atoms with van der Waals surface area (Å²) in [6, 6.07) is -3.13. The standard InChI is InChI=1S/C12H3F15O7S3/c13-7(14,15)10(22,23)35(29,30)3-1-4(36(31,32)11(24,25)8(16,17)18)6(28)5(2-3)37(33,34)12(26,27)9(19,20)21/h1-2,28H. The molecule has 0 aliphatic rings. The predicted octanol–water partition coefficient (Wildman–Crippen LogP) is 4.18. The topological polar surface area (TPSA) is 123 Å². The molecule has 0 saturated carbocycles. The van der Waals surface area contributed by atoms with Crippen molar-refractivity contribution in [3.63, 3.8) is 0 Å². The molecule has 0 unspecified atom stereocenters. The van der Waals surface area contributed by atoms with Gasteiger partial charge in [-0.2, -0.15) is 65.9 Å². The Morgan fingerprint density at radius 2 is 0.676 bits per heavy atom. The third-order valence-corrected chi connectivity index (χ3v) is 9.26. The molecule has 0 amide bonds. The van der Waals surface area contributed by atoms with Gasteiger partial charge in [-0.15, -0.1) is 0 Å². The van der Waals surface area contributed by atoms with Gasteiger partial charge in [0.1, 0.15) is 9.79 Å². The molecule has 37 heavy (non-hydrogen) atoms. The highest BCUT2D eigenvalue weighted by Gasteiger charge is 2.71. The van der Waals surface area contributed by atoms with Crippen molar-refractivity contribution in [3.05, 3.63) is 12.1 Å². The van der Waals surface area contributed by atoms with E-state index in [1.807, 2.05) is 0 Å². The number of hydrogen-bond donors (Lipinski definition) is 1. The first-order valence-corrected chi connectivity index (χ1v) is 12.1. The number of phenols is 1. The minimum Gasteiger partial charge on any atom is -0.505 e. The summed E-state index contributed by atoms with van der Waals surface area (Å²) in [5.41, 5.74) is 0. The summed E-state index contributed by atoms with van der Waals surface area (Å²) in [5.74, 6) is -3.44. The second-order valence-electron chi connectivity index (χ2n) is 6.32. The molecule has 0 spiro atoms. The summed E-state index contributed by atoms with van der Waals surface area (Å²) >= 11 is 0. The van der Waals surface area contributed by atoms with Gasteiger partial charge in [0.05, 0.1) is 4.90 Å². The van der Waals surface area contributed by atoms with Crippen molar-refractivity contribution in [3.8, 4) is 5.75 Å². The molecule has 0 bridgehead atoms. The summed E-state index contributed by atoms with van der Waals surface area (Å²) in [7, 11) is -23.7. The Hall–Kier alpha value is -2.18. The first-order chi connectivity index (χ1) is 15.7. The van der Waals surface area contributed by atoms with Crippen LogP contribution in [-0.2, 0) is 29.5 Å². The lowest BCUT2D eigenvalue weighted by Crippen LogP contribution is -2.46. The molecule has 7 nitrogen and oxygen atoms in total. The molecule has 0 saturated heterocycles. The Kier molecular flexibility index (Phi) is 7.47. The molecule has 0 atom stereocenters. The smallest absolute Gasteiger partial charge is 0.469 e. The maximum absolute atomic E-state index is 13.5. The molecule has 1 N–H and O–H groups in total. The van der Waals surface area contributed by atoms with Crippen molar-refractivity contribution in [2.75, 3.05) is 0 Å². The zero-order chi connectivity index (χ0) is 30.2. The van der Waals surface area contributed by atoms with Crippen LogP contribution in [0.25, 0.3) is 0 Å². The average molecular weight is 640 g/mol. The van der Waals surface area contributed by atoms with Crippen molar-refractivity contribution in [1.29, 1.82) is 0 Å². The maximum atomic E-state index is 13.5. The van der Waals surface area contributed by atoms with Gasteiger partial charge in [0.25, 0.3) is 29.5 Å². The Morgan fingerprint density at radius 1 is 0.459 bits per heavy atom. The molecular weight excluding hydrogens is 637 g/mol. The molecule has 1 rings (SSSR count). The summed E-state index contributed by atoms with van der Waals surface area (Å²) in [6.07, 6.45) is -21.9. The highest BCUT2D eigenvalue weighted by molar-refractivity contribution is 7.94. The van der Waals surface area contributed by atoms with E-state index in [0.717, 1.165) is 0 Å². The third-order valence-electron chi connectivity index (χ3n) is 3.91. The monoisotopic (exact) mass is 640 g/mol. The van der Waals surface area contributed by atoms with E-state index in [0.29, 0.717) is 0 Å². The van der Waals surface area contributed by atoms with E-state index in [9.17, 15) is 96.2 Å². The third kappa shape index (κ3) is 4.65. The molecule has 0 aliphatic heterocycles. The molecule has 1 aromatic rings. The van der Waals surface area contributed by atoms with E-state index in [-0.39, 0.29) is 0 Å². The van der Waals surface area contributed by atoms with Gasteiger partial charge in [-0.25, -0.2) is 25.3 Å². The Balaban J connectivity index is 4.48. The summed E-state index contributed by atoms with van der Waals surface area (Å²) < 4.78 is 264. The maximum Gasteiger partial charge on any atom is 0.469 e. The van der Waals surface area contributed by atoms with E-state index in [2.05, 4.69) is 0 Å². The van der Waals surface area contributed by atoms with Crippen molar-refractivity contribution in [1.82, 2.24) is 0 Å². The predicted molar refractivity (Wildman–Crippen MR) is 82.7 cm³/mol. The molecule has 0 aromatic heterocycles. The lowest BCUT2D eigenvalue weighted by molar-refractivity contribution is -0.241. The highest BCUT2D eigenvalue weighted by atomic mass is 32.2. The number of phenolic OH excluding ortho intramolecular Hbond substituents is 1. The van der Waals surface area contributed by atoms with Gasteiger partial charge in [-0.05, 0) is 12.1 Å². The Morgan fingerprint density at radius 3 is 0.892 bits per heavy atom. The normalized spacial score (nSPS) is 15.6. The highest BCUT2D eigenvalue weighted by Crippen LogP contribution is 2.51. The fourth-order valence-corrected chi connectivity index (χ4v) is 5.82. The van der Waals surface area contributed by atoms with E-state index in [1.165, 1.54) is 0 Å². The van der Waals surface area contributed by atoms with Gasteiger partial charge in [0.15, 0.2) is 5.75 Å². The largest absolute Gasteiger partial charge is 0.505 e. The van der Waals surface area contributed by atoms with Crippen LogP contribution < -0.4 is 0 Å². The number of hydrogen-bond acceptors (Lipinski definition) is 7. The van der Waals surface area contributed by atoms with E-state index >= 15 is 0 Å². The fraction of sp³-hybridized carbons (Fsp3) is 0.500. The molecular formula is C12H3F15O7S3. The molecule has 25 heteroatoms. The number of benzene rings is 1. The Bertz CT molecular complexity index is 1320. The van der Waals surface area contributed by atoms with Crippen LogP contribution in [0.4, 0.5) is 65.9 Å². The van der Waals surface area contributed by atoms with Gasteiger partial charge < -0.3 is 5.11 Å². The second kappa shape index (κ2) is 8.41. The zero-order valence-corrected chi connectivity index (χ0v) is 18.4. The molecule has 1 aromatic carbocycles. The van der Waals surface area contributed by atoms with Crippen LogP contribution in [0, 0.1) is 0 Å². The summed E-state index contributed by atoms with van der Waals surface area (Å²) in [6.45, 7) is 0. The van der Waals surface area contributed by atoms with Crippen molar-refractivity contribution in [2.24, 2.45) is 0 Å². The molecule has 216 valence electrons. The minimum absolute atomic E-state index is 1.57. The first kappa shape index (κ1) is 32.8. The van der Waals surface area contributed by atoms with Crippen LogP contribution >= 0.6 is 0 Å². The lowest BCUT2D eigenvalue weighted by Gasteiger charge is -2.24. The fourth-order valence-electron chi connectivity index (χ4n) is 2.00. The van der Waals surface area contributed by atoms with E-state index < -0.39 is 96.4 Å². The van der Waals surface area contributed by atoms with Gasteiger partial charge in [0, 0.05) is 0 Å². The molecule has 0 aliphatic carbocycles.